The van der Waals surface area contributed by atoms with Crippen molar-refractivity contribution in [3.05, 3.63) is 33.4 Å². The van der Waals surface area contributed by atoms with Crippen molar-refractivity contribution in [3.8, 4) is 11.8 Å². The van der Waals surface area contributed by atoms with Gasteiger partial charge in [-0.1, -0.05) is 11.8 Å². The molecule has 1 aliphatic rings. The third-order valence-electron chi connectivity index (χ3n) is 3.89. The molecule has 0 aromatic heterocycles. The number of ether oxygens (including phenoxy) is 2. The summed E-state index contributed by atoms with van der Waals surface area (Å²) in [6.45, 7) is 9.46. The molecule has 0 aliphatic carbocycles. The van der Waals surface area contributed by atoms with Crippen molar-refractivity contribution in [3.63, 3.8) is 0 Å². The molecule has 0 unspecified atom stereocenters. The van der Waals surface area contributed by atoms with Crippen molar-refractivity contribution < 1.29 is 19.4 Å². The molecule has 0 saturated carbocycles. The summed E-state index contributed by atoms with van der Waals surface area (Å²) in [4.78, 5) is 13.4. The first-order chi connectivity index (χ1) is 11.5. The Morgan fingerprint density at radius 2 is 1.72 bits per heavy atom. The summed E-state index contributed by atoms with van der Waals surface area (Å²) in [6.07, 6.45) is -1.05. The van der Waals surface area contributed by atoms with Crippen LogP contribution in [0.5, 0.6) is 0 Å². The molecule has 25 heavy (non-hydrogen) atoms. The molecule has 0 bridgehead atoms. The van der Waals surface area contributed by atoms with Crippen LogP contribution in [0.2, 0.25) is 0 Å². The number of carboxylic acid groups (broad SMARTS) is 1. The van der Waals surface area contributed by atoms with Gasteiger partial charge in [0, 0.05) is 14.7 Å². The molecule has 2 rings (SSSR count). The summed E-state index contributed by atoms with van der Waals surface area (Å²) in [5.41, 5.74) is -0.896. The third-order valence-corrected chi connectivity index (χ3v) is 4.61. The maximum absolute atomic E-state index is 12.0. The highest BCUT2D eigenvalue weighted by Crippen LogP contribution is 2.32. The Balaban J connectivity index is 2.47. The van der Waals surface area contributed by atoms with Crippen LogP contribution in [0, 0.1) is 15.4 Å². The van der Waals surface area contributed by atoms with Gasteiger partial charge < -0.3 is 14.6 Å². The van der Waals surface area contributed by atoms with Gasteiger partial charge in [0.2, 0.25) is 0 Å². The first-order valence-corrected chi connectivity index (χ1v) is 9.13. The van der Waals surface area contributed by atoms with Crippen LogP contribution in [0.25, 0.3) is 0 Å². The van der Waals surface area contributed by atoms with E-state index < -0.39 is 23.0 Å². The third kappa shape index (κ3) is 4.87. The number of nitrogens with zero attached hydrogens (tertiary/aromatic N) is 1. The highest BCUT2D eigenvalue weighted by atomic mass is 127. The zero-order valence-electron chi connectivity index (χ0n) is 15.2. The maximum atomic E-state index is 12.0. The lowest BCUT2D eigenvalue weighted by Gasteiger charge is -2.50. The first kappa shape index (κ1) is 20.0. The van der Waals surface area contributed by atoms with Gasteiger partial charge in [0.25, 0.3) is 0 Å². The fourth-order valence-electron chi connectivity index (χ4n) is 2.76. The highest BCUT2D eigenvalue weighted by molar-refractivity contribution is 14.1. The number of halogens is 1. The summed E-state index contributed by atoms with van der Waals surface area (Å²) in [7, 11) is 0. The number of carbonyl (C=O) groups is 1. The largest absolute Gasteiger partial charge is 0.465 e. The summed E-state index contributed by atoms with van der Waals surface area (Å²) in [6, 6.07) is 7.76. The van der Waals surface area contributed by atoms with E-state index in [1.165, 1.54) is 4.90 Å². The van der Waals surface area contributed by atoms with Gasteiger partial charge in [-0.25, -0.2) is 4.79 Å². The number of amides is 1. The van der Waals surface area contributed by atoms with Gasteiger partial charge in [-0.3, -0.25) is 4.90 Å². The van der Waals surface area contributed by atoms with Gasteiger partial charge >= 0.3 is 6.09 Å². The Morgan fingerprint density at radius 1 is 1.20 bits per heavy atom. The Labute approximate surface area is 162 Å². The molecule has 136 valence electrons. The second-order valence-corrected chi connectivity index (χ2v) is 8.80. The first-order valence-electron chi connectivity index (χ1n) is 8.05. The molecule has 0 atom stereocenters. The standard InChI is InChI=1S/C19H24INO4/c1-17(2,3)21(16(22)23)19(12-24-18(4,5)25-13-19)11-10-14-6-8-15(20)9-7-14/h6-9H,12-13H2,1-5H3,(H,22,23). The number of hydrogen-bond acceptors (Lipinski definition) is 3. The Bertz CT molecular complexity index is 685. The van der Waals surface area contributed by atoms with E-state index in [0.29, 0.717) is 0 Å². The Morgan fingerprint density at radius 3 is 2.16 bits per heavy atom. The summed E-state index contributed by atoms with van der Waals surface area (Å²) < 4.78 is 12.7. The van der Waals surface area contributed by atoms with Crippen molar-refractivity contribution in [1.82, 2.24) is 4.90 Å². The van der Waals surface area contributed by atoms with E-state index >= 15 is 0 Å². The minimum atomic E-state index is -1.07. The molecule has 0 spiro atoms. The van der Waals surface area contributed by atoms with Crippen LogP contribution in [0.15, 0.2) is 24.3 Å². The van der Waals surface area contributed by atoms with Crippen molar-refractivity contribution in [2.24, 2.45) is 0 Å². The van der Waals surface area contributed by atoms with Crippen molar-refractivity contribution in [1.29, 1.82) is 0 Å². The van der Waals surface area contributed by atoms with Crippen molar-refractivity contribution in [2.45, 2.75) is 51.5 Å². The molecule has 5 nitrogen and oxygen atoms in total. The molecule has 6 heteroatoms. The van der Waals surface area contributed by atoms with E-state index in [4.69, 9.17) is 9.47 Å². The molecular formula is C19H24INO4. The number of hydrogen-bond donors (Lipinski definition) is 1. The average molecular weight is 457 g/mol. The molecule has 1 N–H and O–H groups in total. The van der Waals surface area contributed by atoms with Gasteiger partial charge in [-0.05, 0) is 81.5 Å². The smallest absolute Gasteiger partial charge is 0.409 e. The molecular weight excluding hydrogens is 433 g/mol. The topological polar surface area (TPSA) is 59.0 Å². The second-order valence-electron chi connectivity index (χ2n) is 7.55. The lowest BCUT2D eigenvalue weighted by molar-refractivity contribution is -0.278. The van der Waals surface area contributed by atoms with Gasteiger partial charge in [-0.2, -0.15) is 0 Å². The monoisotopic (exact) mass is 457 g/mol. The average Bonchev–Trinajstić information content (AvgIpc) is 2.48. The zero-order chi connectivity index (χ0) is 18.9. The molecule has 1 heterocycles. The fraction of sp³-hybridized carbons (Fsp3) is 0.526. The van der Waals surface area contributed by atoms with Crippen molar-refractivity contribution >= 4 is 28.7 Å². The van der Waals surface area contributed by atoms with Crippen LogP contribution in [-0.2, 0) is 9.47 Å². The van der Waals surface area contributed by atoms with Crippen LogP contribution in [0.1, 0.15) is 40.2 Å². The van der Waals surface area contributed by atoms with Crippen LogP contribution in [0.4, 0.5) is 4.79 Å². The van der Waals surface area contributed by atoms with Gasteiger partial charge in [0.1, 0.15) is 0 Å². The molecule has 1 amide bonds. The minimum absolute atomic E-state index is 0.154. The highest BCUT2D eigenvalue weighted by Gasteiger charge is 2.49. The van der Waals surface area contributed by atoms with Crippen LogP contribution < -0.4 is 0 Å². The summed E-state index contributed by atoms with van der Waals surface area (Å²) >= 11 is 2.23. The quantitative estimate of drug-likeness (QED) is 0.513. The SMILES string of the molecule is CC1(C)OCC(C#Cc2ccc(I)cc2)(N(C(=O)O)C(C)(C)C)CO1. The molecule has 1 aromatic rings. The molecule has 1 saturated heterocycles. The van der Waals surface area contributed by atoms with E-state index in [0.717, 1.165) is 9.13 Å². The van der Waals surface area contributed by atoms with Crippen molar-refractivity contribution in [2.75, 3.05) is 13.2 Å². The predicted octanol–water partition coefficient (Wildman–Crippen LogP) is 3.94. The van der Waals surface area contributed by atoms with E-state index in [9.17, 15) is 9.90 Å². The minimum Gasteiger partial charge on any atom is -0.465 e. The van der Waals surface area contributed by atoms with E-state index in [1.54, 1.807) is 0 Å². The Kier molecular flexibility index (Phi) is 5.71. The van der Waals surface area contributed by atoms with Gasteiger partial charge in [0.05, 0.1) is 13.2 Å². The lowest BCUT2D eigenvalue weighted by atomic mass is 9.91. The van der Waals surface area contributed by atoms with Gasteiger partial charge in [0.15, 0.2) is 11.3 Å². The number of rotatable bonds is 1. The Hall–Kier alpha value is -1.30. The van der Waals surface area contributed by atoms with E-state index in [2.05, 4.69) is 34.4 Å². The zero-order valence-corrected chi connectivity index (χ0v) is 17.4. The van der Waals surface area contributed by atoms with Crippen LogP contribution >= 0.6 is 22.6 Å². The van der Waals surface area contributed by atoms with E-state index in [-0.39, 0.29) is 13.2 Å². The molecule has 1 aliphatic heterocycles. The summed E-state index contributed by atoms with van der Waals surface area (Å²) in [5, 5.41) is 9.84. The number of benzene rings is 1. The maximum Gasteiger partial charge on any atom is 0.409 e. The summed E-state index contributed by atoms with van der Waals surface area (Å²) in [5.74, 6) is 5.48. The molecule has 1 aromatic carbocycles. The second kappa shape index (κ2) is 7.14. The lowest BCUT2D eigenvalue weighted by Crippen LogP contribution is -2.66. The van der Waals surface area contributed by atoms with Crippen LogP contribution in [-0.4, -0.2) is 46.2 Å². The predicted molar refractivity (Wildman–Crippen MR) is 104 cm³/mol. The normalized spacial score (nSPS) is 18.8. The molecule has 0 radical (unpaired) electrons. The molecule has 1 fully saturated rings. The fourth-order valence-corrected chi connectivity index (χ4v) is 3.12. The van der Waals surface area contributed by atoms with Crippen LogP contribution in [0.3, 0.4) is 0 Å². The van der Waals surface area contributed by atoms with Gasteiger partial charge in [-0.15, -0.1) is 0 Å². The van der Waals surface area contributed by atoms with E-state index in [1.807, 2.05) is 58.9 Å².